The Balaban J connectivity index is 2.20. The largest absolute Gasteiger partial charge is 0.460 e. The SMILES string of the molecule is CC(C)C[C@H](N)[C@@H]1CC(=O)O1. The highest BCUT2D eigenvalue weighted by Crippen LogP contribution is 2.19. The van der Waals surface area contributed by atoms with Gasteiger partial charge in [-0.1, -0.05) is 13.8 Å². The van der Waals surface area contributed by atoms with Crippen LogP contribution in [0.3, 0.4) is 0 Å². The van der Waals surface area contributed by atoms with Crippen molar-refractivity contribution in [2.75, 3.05) is 0 Å². The zero-order valence-electron chi connectivity index (χ0n) is 7.04. The van der Waals surface area contributed by atoms with Gasteiger partial charge in [0, 0.05) is 6.04 Å². The molecule has 0 amide bonds. The first-order valence-electron chi connectivity index (χ1n) is 4.04. The predicted octanol–water partition coefficient (Wildman–Crippen LogP) is 0.675. The van der Waals surface area contributed by atoms with Crippen molar-refractivity contribution in [1.29, 1.82) is 0 Å². The minimum atomic E-state index is -0.116. The molecule has 0 aromatic rings. The van der Waals surface area contributed by atoms with Crippen molar-refractivity contribution in [3.63, 3.8) is 0 Å². The number of hydrogen-bond acceptors (Lipinski definition) is 3. The van der Waals surface area contributed by atoms with Crippen molar-refractivity contribution in [3.05, 3.63) is 0 Å². The third-order valence-corrected chi connectivity index (χ3v) is 1.87. The molecule has 0 unspecified atom stereocenters. The molecule has 11 heavy (non-hydrogen) atoms. The first-order valence-corrected chi connectivity index (χ1v) is 4.04. The van der Waals surface area contributed by atoms with Gasteiger partial charge in [-0.25, -0.2) is 0 Å². The zero-order valence-corrected chi connectivity index (χ0v) is 7.04. The second-order valence-corrected chi connectivity index (χ2v) is 3.53. The number of hydrogen-bond donors (Lipinski definition) is 1. The predicted molar refractivity (Wildman–Crippen MR) is 41.9 cm³/mol. The fourth-order valence-electron chi connectivity index (χ4n) is 1.26. The van der Waals surface area contributed by atoms with Gasteiger partial charge in [-0.3, -0.25) is 4.79 Å². The van der Waals surface area contributed by atoms with Gasteiger partial charge in [-0.2, -0.15) is 0 Å². The van der Waals surface area contributed by atoms with E-state index in [0.717, 1.165) is 6.42 Å². The van der Waals surface area contributed by atoms with Crippen LogP contribution in [0, 0.1) is 5.92 Å². The number of carbonyl (C=O) groups is 1. The van der Waals surface area contributed by atoms with E-state index in [4.69, 9.17) is 10.5 Å². The van der Waals surface area contributed by atoms with Crippen LogP contribution in [0.2, 0.25) is 0 Å². The number of cyclic esters (lactones) is 1. The lowest BCUT2D eigenvalue weighted by Gasteiger charge is -2.31. The quantitative estimate of drug-likeness (QED) is 0.613. The monoisotopic (exact) mass is 157 g/mol. The summed E-state index contributed by atoms with van der Waals surface area (Å²) in [6, 6.07) is 0.0349. The van der Waals surface area contributed by atoms with E-state index in [1.165, 1.54) is 0 Å². The average Bonchev–Trinajstić information content (AvgIpc) is 1.79. The fourth-order valence-corrected chi connectivity index (χ4v) is 1.26. The Hall–Kier alpha value is -0.570. The normalized spacial score (nSPS) is 26.2. The van der Waals surface area contributed by atoms with E-state index in [2.05, 4.69) is 13.8 Å². The van der Waals surface area contributed by atoms with E-state index in [9.17, 15) is 4.79 Å². The molecule has 0 spiro atoms. The van der Waals surface area contributed by atoms with Gasteiger partial charge in [-0.05, 0) is 12.3 Å². The van der Waals surface area contributed by atoms with Crippen LogP contribution < -0.4 is 5.73 Å². The van der Waals surface area contributed by atoms with Gasteiger partial charge in [0.25, 0.3) is 0 Å². The highest BCUT2D eigenvalue weighted by atomic mass is 16.6. The second kappa shape index (κ2) is 3.22. The third-order valence-electron chi connectivity index (χ3n) is 1.87. The van der Waals surface area contributed by atoms with Crippen molar-refractivity contribution in [2.24, 2.45) is 11.7 Å². The summed E-state index contributed by atoms with van der Waals surface area (Å²) in [6.45, 7) is 4.22. The average molecular weight is 157 g/mol. The number of ether oxygens (including phenoxy) is 1. The number of rotatable bonds is 3. The molecule has 1 heterocycles. The smallest absolute Gasteiger partial charge is 0.309 e. The Labute approximate surface area is 66.9 Å². The lowest BCUT2D eigenvalue weighted by atomic mass is 9.96. The maximum atomic E-state index is 10.4. The second-order valence-electron chi connectivity index (χ2n) is 3.53. The van der Waals surface area contributed by atoms with Gasteiger partial charge in [0.1, 0.15) is 6.10 Å². The Morgan fingerprint density at radius 2 is 2.27 bits per heavy atom. The molecule has 1 aliphatic rings. The van der Waals surface area contributed by atoms with Crippen LogP contribution in [0.25, 0.3) is 0 Å². The molecular weight excluding hydrogens is 142 g/mol. The summed E-state index contributed by atoms with van der Waals surface area (Å²) in [5.74, 6) is 0.457. The van der Waals surface area contributed by atoms with Gasteiger partial charge in [0.2, 0.25) is 0 Å². The van der Waals surface area contributed by atoms with E-state index in [1.807, 2.05) is 0 Å². The molecule has 0 saturated carbocycles. The summed E-state index contributed by atoms with van der Waals surface area (Å²) < 4.78 is 4.84. The van der Waals surface area contributed by atoms with Gasteiger partial charge in [0.15, 0.2) is 0 Å². The molecule has 2 N–H and O–H groups in total. The summed E-state index contributed by atoms with van der Waals surface area (Å²) in [5.41, 5.74) is 5.76. The molecule has 64 valence electrons. The van der Waals surface area contributed by atoms with Crippen LogP contribution in [0.4, 0.5) is 0 Å². The summed E-state index contributed by atoms with van der Waals surface area (Å²) in [4.78, 5) is 10.4. The molecule has 1 fully saturated rings. The minimum absolute atomic E-state index is 0.00935. The molecule has 3 nitrogen and oxygen atoms in total. The Kier molecular flexibility index (Phi) is 2.49. The maximum Gasteiger partial charge on any atom is 0.309 e. The molecular formula is C8H15NO2. The molecule has 1 saturated heterocycles. The molecule has 0 aliphatic carbocycles. The molecule has 0 aromatic heterocycles. The molecule has 0 radical (unpaired) electrons. The summed E-state index contributed by atoms with van der Waals surface area (Å²) in [5, 5.41) is 0. The third kappa shape index (κ3) is 2.19. The number of esters is 1. The van der Waals surface area contributed by atoms with Crippen molar-refractivity contribution in [1.82, 2.24) is 0 Å². The first-order chi connectivity index (χ1) is 5.09. The van der Waals surface area contributed by atoms with Crippen LogP contribution in [0.5, 0.6) is 0 Å². The Morgan fingerprint density at radius 3 is 2.64 bits per heavy atom. The van der Waals surface area contributed by atoms with Gasteiger partial charge in [0.05, 0.1) is 6.42 Å². The van der Waals surface area contributed by atoms with Crippen LogP contribution in [0.1, 0.15) is 26.7 Å². The maximum absolute atomic E-state index is 10.4. The molecule has 2 atom stereocenters. The Morgan fingerprint density at radius 1 is 1.73 bits per heavy atom. The van der Waals surface area contributed by atoms with Crippen molar-refractivity contribution in [2.45, 2.75) is 38.8 Å². The summed E-state index contributed by atoms with van der Waals surface area (Å²) in [6.07, 6.45) is 1.43. The fraction of sp³-hybridized carbons (Fsp3) is 0.875. The zero-order chi connectivity index (χ0) is 8.43. The standard InChI is InChI=1S/C8H15NO2/c1-5(2)3-6(9)7-4-8(10)11-7/h5-7H,3-4,9H2,1-2H3/t6-,7-/m0/s1. The van der Waals surface area contributed by atoms with Crippen LogP contribution in [-0.2, 0) is 9.53 Å². The Bertz CT molecular complexity index is 148. The van der Waals surface area contributed by atoms with Crippen LogP contribution in [0.15, 0.2) is 0 Å². The first kappa shape index (κ1) is 8.53. The van der Waals surface area contributed by atoms with Gasteiger partial charge >= 0.3 is 5.97 Å². The van der Waals surface area contributed by atoms with Crippen LogP contribution >= 0.6 is 0 Å². The minimum Gasteiger partial charge on any atom is -0.460 e. The van der Waals surface area contributed by atoms with Crippen LogP contribution in [-0.4, -0.2) is 18.1 Å². The number of nitrogens with two attached hydrogens (primary N) is 1. The topological polar surface area (TPSA) is 52.3 Å². The molecule has 0 aromatic carbocycles. The van der Waals surface area contributed by atoms with Crippen molar-refractivity contribution < 1.29 is 9.53 Å². The molecule has 0 bridgehead atoms. The lowest BCUT2D eigenvalue weighted by Crippen LogP contribution is -2.47. The number of carbonyl (C=O) groups excluding carboxylic acids is 1. The molecule has 1 aliphatic heterocycles. The molecule has 1 rings (SSSR count). The molecule has 3 heteroatoms. The van der Waals surface area contributed by atoms with E-state index < -0.39 is 0 Å². The highest BCUT2D eigenvalue weighted by molar-refractivity contribution is 5.75. The van der Waals surface area contributed by atoms with Crippen molar-refractivity contribution in [3.8, 4) is 0 Å². The van der Waals surface area contributed by atoms with E-state index in [1.54, 1.807) is 0 Å². The summed E-state index contributed by atoms with van der Waals surface area (Å²) >= 11 is 0. The van der Waals surface area contributed by atoms with Gasteiger partial charge < -0.3 is 10.5 Å². The lowest BCUT2D eigenvalue weighted by molar-refractivity contribution is -0.171. The van der Waals surface area contributed by atoms with E-state index in [-0.39, 0.29) is 18.1 Å². The van der Waals surface area contributed by atoms with E-state index in [0.29, 0.717) is 12.3 Å². The van der Waals surface area contributed by atoms with Crippen molar-refractivity contribution >= 4 is 5.97 Å². The highest BCUT2D eigenvalue weighted by Gasteiger charge is 2.33. The van der Waals surface area contributed by atoms with E-state index >= 15 is 0 Å². The summed E-state index contributed by atoms with van der Waals surface area (Å²) in [7, 11) is 0. The van der Waals surface area contributed by atoms with Gasteiger partial charge in [-0.15, -0.1) is 0 Å².